The van der Waals surface area contributed by atoms with E-state index >= 15 is 0 Å². The van der Waals surface area contributed by atoms with Gasteiger partial charge in [-0.1, -0.05) is 24.8 Å². The van der Waals surface area contributed by atoms with Gasteiger partial charge in [0.15, 0.2) is 0 Å². The van der Waals surface area contributed by atoms with E-state index in [4.69, 9.17) is 9.84 Å². The van der Waals surface area contributed by atoms with Crippen LogP contribution >= 0.6 is 0 Å². The van der Waals surface area contributed by atoms with Gasteiger partial charge < -0.3 is 9.84 Å². The first-order valence-corrected chi connectivity index (χ1v) is 5.98. The first kappa shape index (κ1) is 15.4. The Morgan fingerprint density at radius 3 is 2.80 bits per heavy atom. The normalized spacial score (nSPS) is 11.5. The number of rotatable bonds is 6. The third kappa shape index (κ3) is 4.94. The number of aryl methyl sites for hydroxylation is 1. The van der Waals surface area contributed by atoms with Crippen LogP contribution in [0.2, 0.25) is 0 Å². The highest BCUT2D eigenvalue weighted by atomic mass is 16.5. The summed E-state index contributed by atoms with van der Waals surface area (Å²) in [5.74, 6) is -0.262. The number of ether oxygens (including phenoxy) is 1. The van der Waals surface area contributed by atoms with Gasteiger partial charge in [-0.25, -0.2) is 4.79 Å². The summed E-state index contributed by atoms with van der Waals surface area (Å²) in [7, 11) is 1.62. The molecule has 1 rings (SSSR count). The quantitative estimate of drug-likeness (QED) is 0.491. The van der Waals surface area contributed by atoms with E-state index in [2.05, 4.69) is 11.6 Å². The van der Waals surface area contributed by atoms with Crippen LogP contribution in [0.5, 0.6) is 5.75 Å². The molecule has 0 saturated heterocycles. The SMILES string of the molecule is C=C(\C=C/C=N\C=C\C(=O)O)c1ccc(C)cc1OC. The molecule has 0 atom stereocenters. The molecule has 20 heavy (non-hydrogen) atoms. The van der Waals surface area contributed by atoms with Gasteiger partial charge in [-0.05, 0) is 30.2 Å². The first-order chi connectivity index (χ1) is 9.54. The topological polar surface area (TPSA) is 58.9 Å². The van der Waals surface area contributed by atoms with Crippen molar-refractivity contribution in [2.24, 2.45) is 4.99 Å². The van der Waals surface area contributed by atoms with Crippen molar-refractivity contribution in [3.8, 4) is 5.75 Å². The van der Waals surface area contributed by atoms with Crippen LogP contribution in [0.15, 0.2) is 54.2 Å². The van der Waals surface area contributed by atoms with Crippen LogP contribution in [0.4, 0.5) is 0 Å². The van der Waals surface area contributed by atoms with Crippen molar-refractivity contribution in [1.82, 2.24) is 0 Å². The van der Waals surface area contributed by atoms with Gasteiger partial charge in [0.05, 0.1) is 7.11 Å². The zero-order chi connectivity index (χ0) is 15.0. The third-order valence-electron chi connectivity index (χ3n) is 2.48. The summed E-state index contributed by atoms with van der Waals surface area (Å²) in [5.41, 5.74) is 2.81. The number of benzene rings is 1. The predicted octanol–water partition coefficient (Wildman–Crippen LogP) is 3.24. The van der Waals surface area contributed by atoms with Crippen molar-refractivity contribution >= 4 is 17.8 Å². The fraction of sp³-hybridized carbons (Fsp3) is 0.125. The number of carboxylic acid groups (broad SMARTS) is 1. The minimum absolute atomic E-state index is 0.766. The van der Waals surface area contributed by atoms with E-state index in [1.165, 1.54) is 12.4 Å². The van der Waals surface area contributed by atoms with Crippen LogP contribution in [0.25, 0.3) is 5.57 Å². The lowest BCUT2D eigenvalue weighted by Gasteiger charge is -2.09. The van der Waals surface area contributed by atoms with E-state index in [-0.39, 0.29) is 0 Å². The number of hydrogen-bond acceptors (Lipinski definition) is 3. The van der Waals surface area contributed by atoms with Gasteiger partial charge in [0.25, 0.3) is 0 Å². The molecular formula is C16H17NO3. The second-order valence-electron chi connectivity index (χ2n) is 4.04. The van der Waals surface area contributed by atoms with Gasteiger partial charge in [-0.2, -0.15) is 0 Å². The average molecular weight is 271 g/mol. The van der Waals surface area contributed by atoms with Gasteiger partial charge in [-0.15, -0.1) is 0 Å². The summed E-state index contributed by atoms with van der Waals surface area (Å²) < 4.78 is 5.31. The Bertz CT molecular complexity index is 583. The molecule has 0 radical (unpaired) electrons. The Labute approximate surface area is 118 Å². The second kappa shape index (κ2) is 7.74. The molecule has 0 saturated carbocycles. The lowest BCUT2D eigenvalue weighted by Crippen LogP contribution is -1.90. The number of carboxylic acids is 1. The third-order valence-corrected chi connectivity index (χ3v) is 2.48. The Hall–Kier alpha value is -2.62. The molecule has 1 aromatic rings. The van der Waals surface area contributed by atoms with Gasteiger partial charge in [-0.3, -0.25) is 4.99 Å². The van der Waals surface area contributed by atoms with Crippen LogP contribution in [0.1, 0.15) is 11.1 Å². The van der Waals surface area contributed by atoms with E-state index in [9.17, 15) is 4.79 Å². The molecule has 0 unspecified atom stereocenters. The van der Waals surface area contributed by atoms with Gasteiger partial charge >= 0.3 is 5.97 Å². The number of allylic oxidation sites excluding steroid dienone is 3. The molecule has 0 bridgehead atoms. The van der Waals surface area contributed by atoms with E-state index in [1.54, 1.807) is 19.3 Å². The summed E-state index contributed by atoms with van der Waals surface area (Å²) in [6, 6.07) is 5.88. The Balaban J connectivity index is 2.74. The van der Waals surface area contributed by atoms with E-state index in [0.717, 1.165) is 28.5 Å². The van der Waals surface area contributed by atoms with Gasteiger partial charge in [0.1, 0.15) is 5.75 Å². The second-order valence-corrected chi connectivity index (χ2v) is 4.04. The lowest BCUT2D eigenvalue weighted by molar-refractivity contribution is -0.131. The molecule has 0 spiro atoms. The molecule has 0 amide bonds. The van der Waals surface area contributed by atoms with Crippen molar-refractivity contribution in [1.29, 1.82) is 0 Å². The Morgan fingerprint density at radius 2 is 2.15 bits per heavy atom. The van der Waals surface area contributed by atoms with E-state index < -0.39 is 5.97 Å². The Morgan fingerprint density at radius 1 is 1.40 bits per heavy atom. The van der Waals surface area contributed by atoms with Crippen molar-refractivity contribution < 1.29 is 14.6 Å². The number of aliphatic carboxylic acids is 1. The van der Waals surface area contributed by atoms with E-state index in [1.807, 2.05) is 25.1 Å². The summed E-state index contributed by atoms with van der Waals surface area (Å²) >= 11 is 0. The molecule has 1 aromatic carbocycles. The number of aliphatic imine (C=N–C) groups is 1. The number of carbonyl (C=O) groups is 1. The molecular weight excluding hydrogens is 254 g/mol. The first-order valence-electron chi connectivity index (χ1n) is 5.98. The number of hydrogen-bond donors (Lipinski definition) is 1. The molecule has 4 heteroatoms. The maximum absolute atomic E-state index is 10.2. The summed E-state index contributed by atoms with van der Waals surface area (Å²) in [4.78, 5) is 14.0. The average Bonchev–Trinajstić information content (AvgIpc) is 2.41. The van der Waals surface area contributed by atoms with Crippen LogP contribution in [0, 0.1) is 6.92 Å². The molecule has 0 aliphatic rings. The maximum atomic E-state index is 10.2. The van der Waals surface area contributed by atoms with Crippen LogP contribution in [0.3, 0.4) is 0 Å². The van der Waals surface area contributed by atoms with E-state index in [0.29, 0.717) is 0 Å². The number of methoxy groups -OCH3 is 1. The summed E-state index contributed by atoms with van der Waals surface area (Å²) in [5, 5.41) is 8.38. The minimum Gasteiger partial charge on any atom is -0.496 e. The zero-order valence-electron chi connectivity index (χ0n) is 11.5. The fourth-order valence-electron chi connectivity index (χ4n) is 1.52. The molecule has 0 heterocycles. The highest BCUT2D eigenvalue weighted by molar-refractivity contribution is 5.83. The lowest BCUT2D eigenvalue weighted by atomic mass is 10.0. The predicted molar refractivity (Wildman–Crippen MR) is 81.2 cm³/mol. The summed E-state index contributed by atoms with van der Waals surface area (Å²) in [6.07, 6.45) is 7.13. The summed E-state index contributed by atoms with van der Waals surface area (Å²) in [6.45, 7) is 5.96. The Kier molecular flexibility index (Phi) is 5.97. The van der Waals surface area contributed by atoms with Crippen LogP contribution in [-0.2, 0) is 4.79 Å². The molecule has 4 nitrogen and oxygen atoms in total. The zero-order valence-corrected chi connectivity index (χ0v) is 11.5. The molecule has 0 aliphatic carbocycles. The van der Waals surface area contributed by atoms with Crippen molar-refractivity contribution in [2.75, 3.05) is 7.11 Å². The van der Waals surface area contributed by atoms with Crippen LogP contribution in [-0.4, -0.2) is 24.4 Å². The van der Waals surface area contributed by atoms with Gasteiger partial charge in [0.2, 0.25) is 0 Å². The van der Waals surface area contributed by atoms with Gasteiger partial charge in [0, 0.05) is 24.1 Å². The molecule has 0 aromatic heterocycles. The molecule has 104 valence electrons. The fourth-order valence-corrected chi connectivity index (χ4v) is 1.52. The number of nitrogens with zero attached hydrogens (tertiary/aromatic N) is 1. The molecule has 0 aliphatic heterocycles. The largest absolute Gasteiger partial charge is 0.496 e. The highest BCUT2D eigenvalue weighted by Gasteiger charge is 2.04. The minimum atomic E-state index is -1.03. The monoisotopic (exact) mass is 271 g/mol. The highest BCUT2D eigenvalue weighted by Crippen LogP contribution is 2.26. The van der Waals surface area contributed by atoms with Crippen LogP contribution < -0.4 is 4.74 Å². The smallest absolute Gasteiger partial charge is 0.329 e. The van der Waals surface area contributed by atoms with Crippen molar-refractivity contribution in [3.05, 3.63) is 60.3 Å². The maximum Gasteiger partial charge on any atom is 0.329 e. The van der Waals surface area contributed by atoms with Crippen molar-refractivity contribution in [3.63, 3.8) is 0 Å². The van der Waals surface area contributed by atoms with Crippen molar-refractivity contribution in [2.45, 2.75) is 6.92 Å². The molecule has 1 N–H and O–H groups in total. The molecule has 0 fully saturated rings. The standard InChI is InChI=1S/C16H17NO3/c1-12-6-7-14(15(11-12)20-3)13(2)5-4-9-17-10-8-16(18)19/h4-11H,2H2,1,3H3,(H,18,19)/b5-4-,10-8+,17-9-.